The van der Waals surface area contributed by atoms with Crippen molar-refractivity contribution in [2.24, 2.45) is 5.92 Å². The number of likely N-dealkylation sites (N-methyl/N-ethyl adjacent to an activating group) is 1. The van der Waals surface area contributed by atoms with Crippen molar-refractivity contribution in [3.63, 3.8) is 0 Å². The van der Waals surface area contributed by atoms with Gasteiger partial charge in [0, 0.05) is 69.6 Å². The number of carbonyl (C=O) groups excluding carboxylic acids is 3. The van der Waals surface area contributed by atoms with Crippen molar-refractivity contribution in [2.75, 3.05) is 46.3 Å². The molecule has 0 bridgehead atoms. The Bertz CT molecular complexity index is 1090. The number of hydrogen-bond donors (Lipinski definition) is 1. The normalized spacial score (nSPS) is 26.2. The first-order chi connectivity index (χ1) is 17.4. The second kappa shape index (κ2) is 10.5. The van der Waals surface area contributed by atoms with Crippen molar-refractivity contribution < 1.29 is 14.4 Å². The lowest BCUT2D eigenvalue weighted by Gasteiger charge is -2.35. The zero-order valence-corrected chi connectivity index (χ0v) is 21.2. The molecule has 0 radical (unpaired) electrons. The van der Waals surface area contributed by atoms with E-state index in [1.165, 1.54) is 12.0 Å². The number of likely N-dealkylation sites (tertiary alicyclic amines) is 1. The fourth-order valence-electron chi connectivity index (χ4n) is 5.87. The van der Waals surface area contributed by atoms with E-state index in [1.807, 2.05) is 23.2 Å². The smallest absolute Gasteiger partial charge is 0.253 e. The van der Waals surface area contributed by atoms with E-state index < -0.39 is 6.04 Å². The molecule has 1 unspecified atom stereocenters. The molecule has 1 aromatic carbocycles. The largest absolute Gasteiger partial charge is 0.336 e. The molecule has 0 saturated carbocycles. The molecular weight excluding hydrogens is 456 g/mol. The minimum atomic E-state index is -0.431. The summed E-state index contributed by atoms with van der Waals surface area (Å²) >= 11 is 0. The molecule has 3 aliphatic heterocycles. The quantitative estimate of drug-likeness (QED) is 0.641. The lowest BCUT2D eigenvalue weighted by Crippen LogP contribution is -2.48. The van der Waals surface area contributed by atoms with Gasteiger partial charge < -0.3 is 9.80 Å². The van der Waals surface area contributed by atoms with E-state index in [-0.39, 0.29) is 17.7 Å². The molecule has 9 heteroatoms. The molecular formula is C27H36N6O3. The molecule has 0 spiro atoms. The molecule has 1 N–H and O–H groups in total. The van der Waals surface area contributed by atoms with Crippen LogP contribution in [0.2, 0.25) is 0 Å². The van der Waals surface area contributed by atoms with Crippen molar-refractivity contribution in [1.29, 1.82) is 0 Å². The monoisotopic (exact) mass is 492 g/mol. The van der Waals surface area contributed by atoms with Crippen LogP contribution in [0.25, 0.3) is 0 Å². The first-order valence-corrected chi connectivity index (χ1v) is 13.0. The first kappa shape index (κ1) is 24.6. The topological polar surface area (TPSA) is 90.8 Å². The Hall–Kier alpha value is -3.04. The average Bonchev–Trinajstić information content (AvgIpc) is 3.31. The minimum absolute atomic E-state index is 0.0982. The van der Waals surface area contributed by atoms with Crippen LogP contribution in [0.15, 0.2) is 36.7 Å². The molecule has 4 heterocycles. The van der Waals surface area contributed by atoms with Gasteiger partial charge in [-0.15, -0.1) is 0 Å². The highest BCUT2D eigenvalue weighted by Crippen LogP contribution is 2.29. The fourth-order valence-corrected chi connectivity index (χ4v) is 5.87. The van der Waals surface area contributed by atoms with Gasteiger partial charge in [-0.25, -0.2) is 0 Å². The number of hydrogen-bond acceptors (Lipinski definition) is 6. The van der Waals surface area contributed by atoms with Crippen LogP contribution in [0.4, 0.5) is 0 Å². The molecule has 0 aliphatic carbocycles. The highest BCUT2D eigenvalue weighted by molar-refractivity contribution is 5.99. The van der Waals surface area contributed by atoms with Crippen LogP contribution in [-0.4, -0.2) is 88.5 Å². The number of imide groups is 1. The Labute approximate surface area is 212 Å². The molecule has 192 valence electrons. The lowest BCUT2D eigenvalue weighted by molar-refractivity contribution is -0.135. The van der Waals surface area contributed by atoms with Crippen LogP contribution < -0.4 is 5.32 Å². The Balaban J connectivity index is 1.12. The summed E-state index contributed by atoms with van der Waals surface area (Å²) in [6.07, 6.45) is 5.69. The van der Waals surface area contributed by atoms with Gasteiger partial charge in [-0.3, -0.25) is 29.3 Å². The maximum atomic E-state index is 13.1. The van der Waals surface area contributed by atoms with Crippen LogP contribution >= 0.6 is 0 Å². The second-order valence-electron chi connectivity index (χ2n) is 10.7. The summed E-state index contributed by atoms with van der Waals surface area (Å²) in [4.78, 5) is 43.2. The molecule has 36 heavy (non-hydrogen) atoms. The molecule has 5 rings (SSSR count). The van der Waals surface area contributed by atoms with Gasteiger partial charge in [0.05, 0.1) is 6.20 Å². The maximum Gasteiger partial charge on any atom is 0.253 e. The van der Waals surface area contributed by atoms with Gasteiger partial charge in [0.15, 0.2) is 0 Å². The van der Waals surface area contributed by atoms with Gasteiger partial charge in [0.25, 0.3) is 11.8 Å². The van der Waals surface area contributed by atoms with Crippen LogP contribution in [0, 0.1) is 5.92 Å². The van der Waals surface area contributed by atoms with E-state index in [9.17, 15) is 14.4 Å². The Kier molecular flexibility index (Phi) is 7.20. The van der Waals surface area contributed by atoms with Gasteiger partial charge in [-0.1, -0.05) is 19.1 Å². The number of piperidine rings is 2. The zero-order chi connectivity index (χ0) is 25.2. The van der Waals surface area contributed by atoms with Crippen molar-refractivity contribution in [1.82, 2.24) is 29.8 Å². The predicted molar refractivity (Wildman–Crippen MR) is 135 cm³/mol. The van der Waals surface area contributed by atoms with Crippen molar-refractivity contribution >= 4 is 17.7 Å². The molecule has 3 fully saturated rings. The Morgan fingerprint density at radius 2 is 1.83 bits per heavy atom. The summed E-state index contributed by atoms with van der Waals surface area (Å²) in [5.41, 5.74) is 3.11. The summed E-state index contributed by atoms with van der Waals surface area (Å²) in [7, 11) is 2.19. The number of piperazine rings is 1. The number of aromatic nitrogens is 2. The average molecular weight is 493 g/mol. The van der Waals surface area contributed by atoms with Gasteiger partial charge >= 0.3 is 0 Å². The van der Waals surface area contributed by atoms with E-state index in [2.05, 4.69) is 46.3 Å². The third-order valence-electron chi connectivity index (χ3n) is 7.72. The molecule has 3 atom stereocenters. The van der Waals surface area contributed by atoms with Crippen molar-refractivity contribution in [3.05, 3.63) is 53.3 Å². The van der Waals surface area contributed by atoms with Crippen molar-refractivity contribution in [3.8, 4) is 0 Å². The van der Waals surface area contributed by atoms with Gasteiger partial charge in [0.1, 0.15) is 6.04 Å². The van der Waals surface area contributed by atoms with E-state index in [0.717, 1.165) is 43.9 Å². The zero-order valence-electron chi connectivity index (χ0n) is 21.2. The molecule has 3 saturated heterocycles. The number of rotatable bonds is 5. The van der Waals surface area contributed by atoms with Crippen LogP contribution in [0.5, 0.6) is 0 Å². The summed E-state index contributed by atoms with van der Waals surface area (Å²) < 4.78 is 1.66. The number of nitrogens with zero attached hydrogens (tertiary/aromatic N) is 5. The summed E-state index contributed by atoms with van der Waals surface area (Å²) in [6.45, 7) is 8.22. The Morgan fingerprint density at radius 1 is 1.08 bits per heavy atom. The summed E-state index contributed by atoms with van der Waals surface area (Å²) in [5, 5.41) is 6.75. The SMILES string of the molecule is C[C@@H]1C[C@H](c2ccc(C(=O)N3CCN(Cc4cnn(C5CCC(=O)NC5=O)c4)CC3)cc2)CN(C)C1. The molecule has 3 amide bonds. The number of benzene rings is 1. The lowest BCUT2D eigenvalue weighted by atomic mass is 9.85. The molecule has 3 aliphatic rings. The highest BCUT2D eigenvalue weighted by atomic mass is 16.2. The maximum absolute atomic E-state index is 13.1. The van der Waals surface area contributed by atoms with Gasteiger partial charge in [-0.05, 0) is 49.4 Å². The standard InChI is InChI=1S/C27H36N6O3/c1-19-13-23(18-30(2)15-19)21-3-5-22(6-4-21)27(36)32-11-9-31(10-12-32)16-20-14-28-33(17-20)24-7-8-25(34)29-26(24)35/h3-6,14,17,19,23-24H,7-13,15-16,18H2,1-2H3,(H,29,34,35)/t19-,23+,24?/m1/s1. The minimum Gasteiger partial charge on any atom is -0.336 e. The third kappa shape index (κ3) is 5.52. The number of carbonyl (C=O) groups is 3. The molecule has 9 nitrogen and oxygen atoms in total. The number of amides is 3. The second-order valence-corrected chi connectivity index (χ2v) is 10.7. The van der Waals surface area contributed by atoms with Gasteiger partial charge in [0.2, 0.25) is 5.91 Å². The summed E-state index contributed by atoms with van der Waals surface area (Å²) in [6, 6.07) is 7.83. The third-order valence-corrected chi connectivity index (χ3v) is 7.72. The number of nitrogens with one attached hydrogen (secondary N) is 1. The van der Waals surface area contributed by atoms with Crippen molar-refractivity contribution in [2.45, 2.75) is 44.7 Å². The van der Waals surface area contributed by atoms with Gasteiger partial charge in [-0.2, -0.15) is 5.10 Å². The van der Waals surface area contributed by atoms with Crippen LogP contribution in [0.1, 0.15) is 59.6 Å². The Morgan fingerprint density at radius 3 is 2.53 bits per heavy atom. The summed E-state index contributed by atoms with van der Waals surface area (Å²) in [5.74, 6) is 0.810. The molecule has 2 aromatic rings. The van der Waals surface area contributed by atoms with Crippen LogP contribution in [-0.2, 0) is 16.1 Å². The van der Waals surface area contributed by atoms with E-state index in [0.29, 0.717) is 37.8 Å². The molecule has 1 aromatic heterocycles. The van der Waals surface area contributed by atoms with E-state index in [4.69, 9.17) is 0 Å². The van der Waals surface area contributed by atoms with E-state index >= 15 is 0 Å². The fraction of sp³-hybridized carbons (Fsp3) is 0.556. The van der Waals surface area contributed by atoms with E-state index in [1.54, 1.807) is 10.9 Å². The predicted octanol–water partition coefficient (Wildman–Crippen LogP) is 1.87. The highest BCUT2D eigenvalue weighted by Gasteiger charge is 2.29. The first-order valence-electron chi connectivity index (χ1n) is 13.0. The van der Waals surface area contributed by atoms with Crippen LogP contribution in [0.3, 0.4) is 0 Å².